The van der Waals surface area contributed by atoms with E-state index in [2.05, 4.69) is 15.5 Å². The summed E-state index contributed by atoms with van der Waals surface area (Å²) in [4.78, 5) is 14.1. The van der Waals surface area contributed by atoms with Gasteiger partial charge in [-0.25, -0.2) is 0 Å². The lowest BCUT2D eigenvalue weighted by molar-refractivity contribution is 0.102. The fraction of sp³-hybridized carbons (Fsp3) is 0.222. The van der Waals surface area contributed by atoms with Crippen LogP contribution in [0.25, 0.3) is 10.8 Å². The van der Waals surface area contributed by atoms with Crippen LogP contribution in [0.2, 0.25) is 0 Å². The first kappa shape index (κ1) is 16.9. The van der Waals surface area contributed by atoms with Gasteiger partial charge in [0.25, 0.3) is 11.8 Å². The van der Waals surface area contributed by atoms with Gasteiger partial charge in [-0.1, -0.05) is 19.9 Å². The molecule has 0 aliphatic carbocycles. The zero-order valence-electron chi connectivity index (χ0n) is 14.0. The zero-order chi connectivity index (χ0) is 18.0. The lowest BCUT2D eigenvalue weighted by Crippen LogP contribution is -2.12. The predicted octanol–water partition coefficient (Wildman–Crippen LogP) is 4.35. The molecule has 2 heterocycles. The molecule has 1 amide bonds. The van der Waals surface area contributed by atoms with Crippen LogP contribution in [0.1, 0.15) is 46.5 Å². The van der Waals surface area contributed by atoms with E-state index >= 15 is 0 Å². The molecule has 6 nitrogen and oxygen atoms in total. The van der Waals surface area contributed by atoms with Gasteiger partial charge in [0.05, 0.1) is 22.2 Å². The summed E-state index contributed by atoms with van der Waals surface area (Å²) in [6.45, 7) is 5.88. The maximum atomic E-state index is 12.4. The second-order valence-corrected chi connectivity index (χ2v) is 7.08. The smallest absolute Gasteiger partial charge is 0.257 e. The summed E-state index contributed by atoms with van der Waals surface area (Å²) in [6, 6.07) is 10.4. The average molecular weight is 352 g/mol. The molecule has 0 aliphatic rings. The van der Waals surface area contributed by atoms with E-state index in [-0.39, 0.29) is 11.8 Å². The molecular weight excluding hydrogens is 336 g/mol. The number of carbonyl (C=O) groups is 1. The molecule has 3 aromatic rings. The SMILES string of the molecule is Cc1sc(-c2nnc(C(C)C)o2)cc1NC(=O)c1cccc(C#N)c1. The number of anilines is 1. The Labute approximate surface area is 149 Å². The molecule has 0 radical (unpaired) electrons. The van der Waals surface area contributed by atoms with E-state index in [1.165, 1.54) is 11.3 Å². The number of benzene rings is 1. The molecule has 0 bridgehead atoms. The van der Waals surface area contributed by atoms with E-state index in [4.69, 9.17) is 9.68 Å². The highest BCUT2D eigenvalue weighted by atomic mass is 32.1. The van der Waals surface area contributed by atoms with Gasteiger partial charge in [0.15, 0.2) is 0 Å². The third-order valence-electron chi connectivity index (χ3n) is 3.57. The van der Waals surface area contributed by atoms with Crippen LogP contribution < -0.4 is 5.32 Å². The Morgan fingerprint density at radius 1 is 1.32 bits per heavy atom. The number of nitrogens with one attached hydrogen (secondary N) is 1. The summed E-state index contributed by atoms with van der Waals surface area (Å²) in [5.74, 6) is 0.926. The molecule has 0 saturated carbocycles. The summed E-state index contributed by atoms with van der Waals surface area (Å²) >= 11 is 1.47. The van der Waals surface area contributed by atoms with Crippen molar-refractivity contribution in [3.63, 3.8) is 0 Å². The number of aryl methyl sites for hydroxylation is 1. The quantitative estimate of drug-likeness (QED) is 0.753. The number of thiophene rings is 1. The van der Waals surface area contributed by atoms with Crippen molar-refractivity contribution < 1.29 is 9.21 Å². The molecule has 2 aromatic heterocycles. The molecule has 0 saturated heterocycles. The van der Waals surface area contributed by atoms with E-state index < -0.39 is 0 Å². The number of carbonyl (C=O) groups excluding carboxylic acids is 1. The molecule has 0 spiro atoms. The van der Waals surface area contributed by atoms with Crippen molar-refractivity contribution in [2.75, 3.05) is 5.32 Å². The Hall–Kier alpha value is -2.98. The predicted molar refractivity (Wildman–Crippen MR) is 95.5 cm³/mol. The van der Waals surface area contributed by atoms with Crippen LogP contribution in [0.4, 0.5) is 5.69 Å². The lowest BCUT2D eigenvalue weighted by Gasteiger charge is -2.04. The van der Waals surface area contributed by atoms with Crippen molar-refractivity contribution in [1.82, 2.24) is 10.2 Å². The zero-order valence-corrected chi connectivity index (χ0v) is 14.8. The topological polar surface area (TPSA) is 91.8 Å². The first-order valence-electron chi connectivity index (χ1n) is 7.73. The molecule has 7 heteroatoms. The van der Waals surface area contributed by atoms with Crippen LogP contribution in [-0.2, 0) is 0 Å². The van der Waals surface area contributed by atoms with E-state index in [0.717, 1.165) is 9.75 Å². The van der Waals surface area contributed by atoms with Crippen molar-refractivity contribution in [1.29, 1.82) is 5.26 Å². The fourth-order valence-electron chi connectivity index (χ4n) is 2.20. The highest BCUT2D eigenvalue weighted by molar-refractivity contribution is 7.15. The van der Waals surface area contributed by atoms with Crippen molar-refractivity contribution >= 4 is 22.9 Å². The van der Waals surface area contributed by atoms with Gasteiger partial charge >= 0.3 is 0 Å². The van der Waals surface area contributed by atoms with Crippen LogP contribution in [0.5, 0.6) is 0 Å². The van der Waals surface area contributed by atoms with Gasteiger partial charge in [-0.3, -0.25) is 4.79 Å². The molecule has 0 aliphatic heterocycles. The number of nitrogens with zero attached hydrogens (tertiary/aromatic N) is 3. The normalized spacial score (nSPS) is 10.7. The standard InChI is InChI=1S/C18H16N4O2S/c1-10(2)17-21-22-18(24-17)15-8-14(11(3)25-15)20-16(23)13-6-4-5-12(7-13)9-19/h4-8,10H,1-3H3,(H,20,23). The summed E-state index contributed by atoms with van der Waals surface area (Å²) in [7, 11) is 0. The molecule has 0 fully saturated rings. The maximum absolute atomic E-state index is 12.4. The molecule has 126 valence electrons. The third kappa shape index (κ3) is 3.59. The van der Waals surface area contributed by atoms with Gasteiger partial charge < -0.3 is 9.73 Å². The molecule has 0 atom stereocenters. The van der Waals surface area contributed by atoms with E-state index in [0.29, 0.717) is 28.6 Å². The maximum Gasteiger partial charge on any atom is 0.257 e. The van der Waals surface area contributed by atoms with Crippen molar-refractivity contribution in [3.8, 4) is 16.8 Å². The Morgan fingerprint density at radius 3 is 2.80 bits per heavy atom. The third-order valence-corrected chi connectivity index (χ3v) is 4.60. The minimum absolute atomic E-state index is 0.161. The molecular formula is C18H16N4O2S. The highest BCUT2D eigenvalue weighted by Gasteiger charge is 2.17. The van der Waals surface area contributed by atoms with Gasteiger partial charge in [0, 0.05) is 16.4 Å². The second kappa shape index (κ2) is 6.87. The highest BCUT2D eigenvalue weighted by Crippen LogP contribution is 2.34. The largest absolute Gasteiger partial charge is 0.420 e. The number of aromatic nitrogens is 2. The number of amides is 1. The van der Waals surface area contributed by atoms with Gasteiger partial charge in [-0.15, -0.1) is 21.5 Å². The van der Waals surface area contributed by atoms with Gasteiger partial charge in [0.2, 0.25) is 5.89 Å². The molecule has 25 heavy (non-hydrogen) atoms. The van der Waals surface area contributed by atoms with Crippen LogP contribution >= 0.6 is 11.3 Å². The van der Waals surface area contributed by atoms with Gasteiger partial charge in [-0.2, -0.15) is 5.26 Å². The molecule has 1 N–H and O–H groups in total. The first-order chi connectivity index (χ1) is 12.0. The average Bonchev–Trinajstić information content (AvgIpc) is 3.22. The minimum atomic E-state index is -0.266. The first-order valence-corrected chi connectivity index (χ1v) is 8.55. The minimum Gasteiger partial charge on any atom is -0.420 e. The Balaban J connectivity index is 1.82. The van der Waals surface area contributed by atoms with Gasteiger partial charge in [-0.05, 0) is 31.2 Å². The van der Waals surface area contributed by atoms with Crippen molar-refractivity contribution in [2.24, 2.45) is 0 Å². The molecule has 0 unspecified atom stereocenters. The summed E-state index contributed by atoms with van der Waals surface area (Å²) in [5, 5.41) is 19.9. The Bertz CT molecular complexity index is 966. The monoisotopic (exact) mass is 352 g/mol. The number of nitriles is 1. The van der Waals surface area contributed by atoms with Gasteiger partial charge in [0.1, 0.15) is 0 Å². The van der Waals surface area contributed by atoms with Crippen molar-refractivity contribution in [3.05, 3.63) is 52.2 Å². The van der Waals surface area contributed by atoms with Crippen LogP contribution in [-0.4, -0.2) is 16.1 Å². The Morgan fingerprint density at radius 2 is 2.12 bits per heavy atom. The second-order valence-electron chi connectivity index (χ2n) is 5.83. The number of hydrogen-bond donors (Lipinski definition) is 1. The summed E-state index contributed by atoms with van der Waals surface area (Å²) < 4.78 is 5.66. The van der Waals surface area contributed by atoms with E-state index in [9.17, 15) is 4.79 Å². The van der Waals surface area contributed by atoms with Crippen LogP contribution in [0.15, 0.2) is 34.7 Å². The van der Waals surface area contributed by atoms with Crippen LogP contribution in [0.3, 0.4) is 0 Å². The summed E-state index contributed by atoms with van der Waals surface area (Å²) in [6.07, 6.45) is 0. The lowest BCUT2D eigenvalue weighted by atomic mass is 10.1. The number of hydrogen-bond acceptors (Lipinski definition) is 6. The molecule has 1 aromatic carbocycles. The Kier molecular flexibility index (Phi) is 4.63. The fourth-order valence-corrected chi connectivity index (χ4v) is 3.10. The van der Waals surface area contributed by atoms with Crippen molar-refractivity contribution in [2.45, 2.75) is 26.7 Å². The van der Waals surface area contributed by atoms with E-state index in [1.54, 1.807) is 24.3 Å². The number of rotatable bonds is 4. The van der Waals surface area contributed by atoms with Crippen LogP contribution in [0, 0.1) is 18.3 Å². The molecule has 3 rings (SSSR count). The van der Waals surface area contributed by atoms with E-state index in [1.807, 2.05) is 32.9 Å². The summed E-state index contributed by atoms with van der Waals surface area (Å²) in [5.41, 5.74) is 1.57.